The Hall–Kier alpha value is -1.87. The van der Waals surface area contributed by atoms with Gasteiger partial charge in [0.05, 0.1) is 13.1 Å². The van der Waals surface area contributed by atoms with Crippen LogP contribution in [0.3, 0.4) is 0 Å². The Morgan fingerprint density at radius 1 is 0.879 bits per heavy atom. The van der Waals surface area contributed by atoms with E-state index in [1.807, 2.05) is 49.9 Å². The number of carbonyl (C=O) groups is 2. The number of nitrogens with zero attached hydrogens (tertiary/aromatic N) is 4. The van der Waals surface area contributed by atoms with Crippen LogP contribution in [0.1, 0.15) is 20.8 Å². The number of hydrogen-bond donors (Lipinski definition) is 1. The number of halogens is 1. The van der Waals surface area contributed by atoms with Crippen LogP contribution in [-0.2, 0) is 9.59 Å². The predicted molar refractivity (Wildman–Crippen MR) is 131 cm³/mol. The second kappa shape index (κ2) is 12.0. The van der Waals surface area contributed by atoms with Crippen LogP contribution in [0.2, 0.25) is 5.02 Å². The van der Waals surface area contributed by atoms with Gasteiger partial charge in [-0.2, -0.15) is 0 Å². The summed E-state index contributed by atoms with van der Waals surface area (Å²) in [5.74, 6) is 1.06. The van der Waals surface area contributed by atoms with Crippen LogP contribution in [0.5, 0.6) is 5.75 Å². The average molecular weight is 480 g/mol. The largest absolute Gasteiger partial charge is 0.492 e. The van der Waals surface area contributed by atoms with Crippen molar-refractivity contribution in [2.45, 2.75) is 26.3 Å². The molecule has 0 spiro atoms. The molecule has 0 radical (unpaired) electrons. The van der Waals surface area contributed by atoms with Gasteiger partial charge in [0.2, 0.25) is 11.8 Å². The van der Waals surface area contributed by atoms with Crippen molar-refractivity contribution in [2.24, 2.45) is 0 Å². The van der Waals surface area contributed by atoms with Gasteiger partial charge in [-0.1, -0.05) is 11.6 Å². The van der Waals surface area contributed by atoms with E-state index in [-0.39, 0.29) is 17.4 Å². The van der Waals surface area contributed by atoms with Gasteiger partial charge in [-0.25, -0.2) is 0 Å². The monoisotopic (exact) mass is 479 g/mol. The van der Waals surface area contributed by atoms with Crippen molar-refractivity contribution in [1.82, 2.24) is 24.9 Å². The van der Waals surface area contributed by atoms with Gasteiger partial charge >= 0.3 is 0 Å². The van der Waals surface area contributed by atoms with Crippen LogP contribution in [-0.4, -0.2) is 116 Å². The summed E-state index contributed by atoms with van der Waals surface area (Å²) in [6.07, 6.45) is 0. The molecule has 1 N–H and O–H groups in total. The van der Waals surface area contributed by atoms with Gasteiger partial charge < -0.3 is 15.0 Å². The highest BCUT2D eigenvalue weighted by Crippen LogP contribution is 2.15. The lowest BCUT2D eigenvalue weighted by molar-refractivity contribution is -0.135. The van der Waals surface area contributed by atoms with Crippen LogP contribution in [0.15, 0.2) is 24.3 Å². The Morgan fingerprint density at radius 2 is 1.42 bits per heavy atom. The summed E-state index contributed by atoms with van der Waals surface area (Å²) in [5.41, 5.74) is -0.220. The first-order valence-electron chi connectivity index (χ1n) is 11.8. The summed E-state index contributed by atoms with van der Waals surface area (Å²) in [6.45, 7) is 14.8. The molecule has 1 aromatic carbocycles. The number of rotatable bonds is 8. The molecular weight excluding hydrogens is 442 g/mol. The van der Waals surface area contributed by atoms with E-state index in [0.717, 1.165) is 51.6 Å². The molecule has 0 atom stereocenters. The van der Waals surface area contributed by atoms with Crippen LogP contribution in [0.25, 0.3) is 0 Å². The first-order chi connectivity index (χ1) is 15.7. The average Bonchev–Trinajstić information content (AvgIpc) is 2.75. The van der Waals surface area contributed by atoms with Crippen molar-refractivity contribution < 1.29 is 14.3 Å². The van der Waals surface area contributed by atoms with Gasteiger partial charge in [0, 0.05) is 69.5 Å². The molecule has 2 fully saturated rings. The fourth-order valence-corrected chi connectivity index (χ4v) is 4.23. The van der Waals surface area contributed by atoms with E-state index in [1.165, 1.54) is 0 Å². The zero-order valence-corrected chi connectivity index (χ0v) is 20.9. The fraction of sp³-hybridized carbons (Fsp3) is 0.667. The van der Waals surface area contributed by atoms with Gasteiger partial charge in [-0.3, -0.25) is 24.3 Å². The summed E-state index contributed by atoms with van der Waals surface area (Å²) >= 11 is 5.90. The SMILES string of the molecule is CC(C)(C)NC(=O)CN1CCN(C(=O)CN2CCN(CCOc3ccc(Cl)cc3)CC2)CC1. The zero-order chi connectivity index (χ0) is 23.8. The van der Waals surface area contributed by atoms with Gasteiger partial charge in [0.1, 0.15) is 12.4 Å². The fourth-order valence-electron chi connectivity index (χ4n) is 4.10. The summed E-state index contributed by atoms with van der Waals surface area (Å²) in [5, 5.41) is 3.70. The molecule has 0 bridgehead atoms. The normalized spacial score (nSPS) is 18.8. The molecule has 2 aliphatic heterocycles. The van der Waals surface area contributed by atoms with Crippen molar-refractivity contribution in [3.8, 4) is 5.75 Å². The summed E-state index contributed by atoms with van der Waals surface area (Å²) < 4.78 is 5.79. The lowest BCUT2D eigenvalue weighted by atomic mass is 10.1. The molecule has 3 rings (SSSR count). The topological polar surface area (TPSA) is 68.4 Å². The number of ether oxygens (including phenoxy) is 1. The van der Waals surface area contributed by atoms with E-state index in [1.54, 1.807) is 0 Å². The molecule has 0 unspecified atom stereocenters. The van der Waals surface area contributed by atoms with Gasteiger partial charge in [-0.15, -0.1) is 0 Å². The third kappa shape index (κ3) is 9.12. The Labute approximate surface area is 202 Å². The molecular formula is C24H38ClN5O3. The smallest absolute Gasteiger partial charge is 0.236 e. The molecule has 0 aromatic heterocycles. The lowest BCUT2D eigenvalue weighted by Gasteiger charge is -2.38. The second-order valence-electron chi connectivity index (χ2n) is 9.88. The quantitative estimate of drug-likeness (QED) is 0.608. The van der Waals surface area contributed by atoms with Gasteiger partial charge in [-0.05, 0) is 45.0 Å². The number of piperazine rings is 2. The maximum absolute atomic E-state index is 12.8. The molecule has 0 aliphatic carbocycles. The van der Waals surface area contributed by atoms with Crippen LogP contribution in [0, 0.1) is 0 Å². The van der Waals surface area contributed by atoms with E-state index >= 15 is 0 Å². The van der Waals surface area contributed by atoms with Crippen molar-refractivity contribution in [2.75, 3.05) is 78.6 Å². The summed E-state index contributed by atoms with van der Waals surface area (Å²) in [7, 11) is 0. The van der Waals surface area contributed by atoms with Crippen molar-refractivity contribution in [1.29, 1.82) is 0 Å². The standard InChI is InChI=1S/C24H38ClN5O3/c1-24(2,3)26-22(31)18-28-12-14-30(15-13-28)23(32)19-29-10-8-27(9-11-29)16-17-33-21-6-4-20(25)5-7-21/h4-7H,8-19H2,1-3H3,(H,26,31). The molecule has 2 aliphatic rings. The first-order valence-corrected chi connectivity index (χ1v) is 12.2. The maximum Gasteiger partial charge on any atom is 0.236 e. The van der Waals surface area contributed by atoms with E-state index in [0.29, 0.717) is 37.8 Å². The molecule has 9 heteroatoms. The van der Waals surface area contributed by atoms with E-state index in [4.69, 9.17) is 16.3 Å². The highest BCUT2D eigenvalue weighted by atomic mass is 35.5. The van der Waals surface area contributed by atoms with Crippen molar-refractivity contribution in [3.05, 3.63) is 29.3 Å². The minimum absolute atomic E-state index is 0.0405. The Bertz CT molecular complexity index is 767. The minimum atomic E-state index is -0.220. The molecule has 184 valence electrons. The van der Waals surface area contributed by atoms with Gasteiger partial charge in [0.25, 0.3) is 0 Å². The Kier molecular flexibility index (Phi) is 9.37. The Morgan fingerprint density at radius 3 is 2.03 bits per heavy atom. The van der Waals surface area contributed by atoms with Crippen LogP contribution < -0.4 is 10.1 Å². The van der Waals surface area contributed by atoms with E-state index < -0.39 is 0 Å². The van der Waals surface area contributed by atoms with E-state index in [2.05, 4.69) is 20.0 Å². The molecule has 0 saturated carbocycles. The van der Waals surface area contributed by atoms with Crippen LogP contribution >= 0.6 is 11.6 Å². The second-order valence-corrected chi connectivity index (χ2v) is 10.3. The summed E-state index contributed by atoms with van der Waals surface area (Å²) in [6, 6.07) is 7.42. The van der Waals surface area contributed by atoms with Crippen molar-refractivity contribution >= 4 is 23.4 Å². The summed E-state index contributed by atoms with van der Waals surface area (Å²) in [4.78, 5) is 33.6. The van der Waals surface area contributed by atoms with Gasteiger partial charge in [0.15, 0.2) is 0 Å². The molecule has 1 aromatic rings. The number of benzene rings is 1. The third-order valence-corrected chi connectivity index (χ3v) is 6.17. The van der Waals surface area contributed by atoms with Crippen LogP contribution in [0.4, 0.5) is 0 Å². The maximum atomic E-state index is 12.8. The predicted octanol–water partition coefficient (Wildman–Crippen LogP) is 1.40. The highest BCUT2D eigenvalue weighted by molar-refractivity contribution is 6.30. The molecule has 2 amide bonds. The number of amides is 2. The number of carbonyl (C=O) groups excluding carboxylic acids is 2. The molecule has 2 saturated heterocycles. The lowest BCUT2D eigenvalue weighted by Crippen LogP contribution is -2.55. The van der Waals surface area contributed by atoms with E-state index in [9.17, 15) is 9.59 Å². The first kappa shape index (κ1) is 25.7. The van der Waals surface area contributed by atoms with Crippen molar-refractivity contribution in [3.63, 3.8) is 0 Å². The zero-order valence-electron chi connectivity index (χ0n) is 20.2. The molecule has 8 nitrogen and oxygen atoms in total. The highest BCUT2D eigenvalue weighted by Gasteiger charge is 2.26. The minimum Gasteiger partial charge on any atom is -0.492 e. The number of hydrogen-bond acceptors (Lipinski definition) is 6. The third-order valence-electron chi connectivity index (χ3n) is 5.92. The Balaban J connectivity index is 1.29. The molecule has 2 heterocycles. The molecule has 33 heavy (non-hydrogen) atoms. The number of nitrogens with one attached hydrogen (secondary N) is 1.